The molecule has 0 fully saturated rings. The van der Waals surface area contributed by atoms with E-state index in [4.69, 9.17) is 9.47 Å². The second-order valence-corrected chi connectivity index (χ2v) is 5.98. The molecule has 1 aliphatic rings. The predicted octanol–water partition coefficient (Wildman–Crippen LogP) is 3.23. The van der Waals surface area contributed by atoms with Gasteiger partial charge in [-0.3, -0.25) is 0 Å². The highest BCUT2D eigenvalue weighted by Crippen LogP contribution is 2.25. The van der Waals surface area contributed by atoms with Crippen LogP contribution in [0.1, 0.15) is 17.5 Å². The fourth-order valence-electron chi connectivity index (χ4n) is 2.98. The first-order chi connectivity index (χ1) is 12.3. The molecule has 130 valence electrons. The highest BCUT2D eigenvalue weighted by atomic mass is 16.5. The molecule has 0 radical (unpaired) electrons. The summed E-state index contributed by atoms with van der Waals surface area (Å²) in [5.41, 5.74) is 4.06. The SMILES string of the molecule is COc1ccc(CCOC(=O)C2=C(c3ccccc3)CCNC2)cc1. The molecule has 1 heterocycles. The largest absolute Gasteiger partial charge is 0.497 e. The minimum atomic E-state index is -0.223. The maximum Gasteiger partial charge on any atom is 0.335 e. The average molecular weight is 337 g/mol. The molecule has 25 heavy (non-hydrogen) atoms. The Morgan fingerprint density at radius 2 is 1.84 bits per heavy atom. The van der Waals surface area contributed by atoms with Gasteiger partial charge in [-0.15, -0.1) is 0 Å². The number of ether oxygens (including phenoxy) is 2. The Kier molecular flexibility index (Phi) is 5.86. The summed E-state index contributed by atoms with van der Waals surface area (Å²) in [6.45, 7) is 1.81. The zero-order chi connectivity index (χ0) is 17.5. The second kappa shape index (κ2) is 8.49. The van der Waals surface area contributed by atoms with Crippen LogP contribution in [0.5, 0.6) is 5.75 Å². The number of carbonyl (C=O) groups is 1. The van der Waals surface area contributed by atoms with Crippen LogP contribution in [0.4, 0.5) is 0 Å². The molecule has 0 aromatic heterocycles. The number of nitrogens with one attached hydrogen (secondary N) is 1. The molecule has 0 saturated heterocycles. The van der Waals surface area contributed by atoms with E-state index in [-0.39, 0.29) is 5.97 Å². The van der Waals surface area contributed by atoms with Crippen LogP contribution < -0.4 is 10.1 Å². The molecule has 0 amide bonds. The Labute approximate surface area is 148 Å². The Morgan fingerprint density at radius 1 is 1.08 bits per heavy atom. The summed E-state index contributed by atoms with van der Waals surface area (Å²) in [5, 5.41) is 3.26. The highest BCUT2D eigenvalue weighted by molar-refractivity contribution is 5.98. The van der Waals surface area contributed by atoms with Gasteiger partial charge in [0.05, 0.1) is 19.3 Å². The van der Waals surface area contributed by atoms with E-state index in [1.165, 1.54) is 0 Å². The lowest BCUT2D eigenvalue weighted by molar-refractivity contribution is -0.139. The number of benzene rings is 2. The zero-order valence-corrected chi connectivity index (χ0v) is 14.5. The van der Waals surface area contributed by atoms with Crippen LogP contribution in [0.3, 0.4) is 0 Å². The fourth-order valence-corrected chi connectivity index (χ4v) is 2.98. The summed E-state index contributed by atoms with van der Waals surface area (Å²) in [5.74, 6) is 0.603. The van der Waals surface area contributed by atoms with Crippen molar-refractivity contribution in [1.29, 1.82) is 0 Å². The maximum absolute atomic E-state index is 12.5. The predicted molar refractivity (Wildman–Crippen MR) is 98.5 cm³/mol. The van der Waals surface area contributed by atoms with Gasteiger partial charge in [-0.1, -0.05) is 42.5 Å². The summed E-state index contributed by atoms with van der Waals surface area (Å²) in [4.78, 5) is 12.5. The van der Waals surface area contributed by atoms with Crippen LogP contribution >= 0.6 is 0 Å². The first kappa shape index (κ1) is 17.2. The molecular formula is C21H23NO3. The lowest BCUT2D eigenvalue weighted by Gasteiger charge is -2.20. The van der Waals surface area contributed by atoms with Crippen molar-refractivity contribution < 1.29 is 14.3 Å². The molecule has 0 spiro atoms. The number of hydrogen-bond acceptors (Lipinski definition) is 4. The van der Waals surface area contributed by atoms with Gasteiger partial charge in [-0.2, -0.15) is 0 Å². The van der Waals surface area contributed by atoms with Gasteiger partial charge in [0, 0.05) is 13.0 Å². The fraction of sp³-hybridized carbons (Fsp3) is 0.286. The molecule has 0 saturated carbocycles. The molecular weight excluding hydrogens is 314 g/mol. The molecule has 0 aliphatic carbocycles. The lowest BCUT2D eigenvalue weighted by atomic mass is 9.94. The minimum absolute atomic E-state index is 0.223. The number of methoxy groups -OCH3 is 1. The van der Waals surface area contributed by atoms with Crippen molar-refractivity contribution in [2.24, 2.45) is 0 Å². The number of carbonyl (C=O) groups excluding carboxylic acids is 1. The van der Waals surface area contributed by atoms with Crippen LogP contribution in [0, 0.1) is 0 Å². The third-order valence-electron chi connectivity index (χ3n) is 4.37. The quantitative estimate of drug-likeness (QED) is 0.822. The molecule has 0 atom stereocenters. The molecule has 2 aromatic rings. The molecule has 4 nitrogen and oxygen atoms in total. The van der Waals surface area contributed by atoms with Crippen LogP contribution in [0.25, 0.3) is 5.57 Å². The van der Waals surface area contributed by atoms with Crippen molar-refractivity contribution in [3.63, 3.8) is 0 Å². The van der Waals surface area contributed by atoms with Crippen molar-refractivity contribution in [3.05, 3.63) is 71.3 Å². The molecule has 2 aromatic carbocycles. The van der Waals surface area contributed by atoms with E-state index in [0.29, 0.717) is 19.6 Å². The summed E-state index contributed by atoms with van der Waals surface area (Å²) in [7, 11) is 1.65. The third-order valence-corrected chi connectivity index (χ3v) is 4.37. The number of rotatable bonds is 6. The van der Waals surface area contributed by atoms with Crippen LogP contribution in [0.2, 0.25) is 0 Å². The summed E-state index contributed by atoms with van der Waals surface area (Å²) in [6.07, 6.45) is 1.53. The smallest absolute Gasteiger partial charge is 0.335 e. The van der Waals surface area contributed by atoms with Crippen molar-refractivity contribution in [3.8, 4) is 5.75 Å². The van der Waals surface area contributed by atoms with Crippen molar-refractivity contribution in [2.75, 3.05) is 26.8 Å². The molecule has 1 N–H and O–H groups in total. The van der Waals surface area contributed by atoms with Gasteiger partial charge in [0.1, 0.15) is 5.75 Å². The second-order valence-electron chi connectivity index (χ2n) is 5.98. The van der Waals surface area contributed by atoms with Crippen LogP contribution in [-0.4, -0.2) is 32.8 Å². The minimum Gasteiger partial charge on any atom is -0.497 e. The van der Waals surface area contributed by atoms with E-state index in [9.17, 15) is 4.79 Å². The third kappa shape index (κ3) is 4.48. The monoisotopic (exact) mass is 337 g/mol. The normalized spacial score (nSPS) is 14.3. The summed E-state index contributed by atoms with van der Waals surface area (Å²) >= 11 is 0. The van der Waals surface area contributed by atoms with Gasteiger partial charge in [-0.25, -0.2) is 4.79 Å². The Morgan fingerprint density at radius 3 is 2.56 bits per heavy atom. The van der Waals surface area contributed by atoms with E-state index in [1.807, 2.05) is 54.6 Å². The standard InChI is InChI=1S/C21H23NO3/c1-24-18-9-7-16(8-10-18)12-14-25-21(23)20-15-22-13-11-19(20)17-5-3-2-4-6-17/h2-10,22H,11-15H2,1H3. The average Bonchev–Trinajstić information content (AvgIpc) is 2.69. The molecule has 4 heteroatoms. The highest BCUT2D eigenvalue weighted by Gasteiger charge is 2.21. The summed E-state index contributed by atoms with van der Waals surface area (Å²) < 4.78 is 10.7. The first-order valence-electron chi connectivity index (χ1n) is 8.56. The van der Waals surface area contributed by atoms with Crippen molar-refractivity contribution in [2.45, 2.75) is 12.8 Å². The Hall–Kier alpha value is -2.59. The molecule has 0 unspecified atom stereocenters. The first-order valence-corrected chi connectivity index (χ1v) is 8.56. The van der Waals surface area contributed by atoms with Crippen LogP contribution in [-0.2, 0) is 16.0 Å². The van der Waals surface area contributed by atoms with Gasteiger partial charge < -0.3 is 14.8 Å². The van der Waals surface area contributed by atoms with E-state index < -0.39 is 0 Å². The van der Waals surface area contributed by atoms with E-state index >= 15 is 0 Å². The van der Waals surface area contributed by atoms with Gasteiger partial charge in [0.25, 0.3) is 0 Å². The number of esters is 1. The Bertz CT molecular complexity index is 735. The van der Waals surface area contributed by atoms with Gasteiger partial charge >= 0.3 is 5.97 Å². The van der Waals surface area contributed by atoms with Crippen molar-refractivity contribution in [1.82, 2.24) is 5.32 Å². The lowest BCUT2D eigenvalue weighted by Crippen LogP contribution is -2.29. The number of hydrogen-bond donors (Lipinski definition) is 1. The van der Waals surface area contributed by atoms with Crippen molar-refractivity contribution >= 4 is 11.5 Å². The zero-order valence-electron chi connectivity index (χ0n) is 14.5. The molecule has 0 bridgehead atoms. The van der Waals surface area contributed by atoms with Gasteiger partial charge in [0.15, 0.2) is 0 Å². The topological polar surface area (TPSA) is 47.6 Å². The van der Waals surface area contributed by atoms with Gasteiger partial charge in [0.2, 0.25) is 0 Å². The Balaban J connectivity index is 1.63. The van der Waals surface area contributed by atoms with E-state index in [1.54, 1.807) is 7.11 Å². The summed E-state index contributed by atoms with van der Waals surface area (Å²) in [6, 6.07) is 17.9. The van der Waals surface area contributed by atoms with E-state index in [2.05, 4.69) is 5.32 Å². The molecule has 1 aliphatic heterocycles. The maximum atomic E-state index is 12.5. The van der Waals surface area contributed by atoms with E-state index in [0.717, 1.165) is 41.0 Å². The molecule has 3 rings (SSSR count). The van der Waals surface area contributed by atoms with Crippen LogP contribution in [0.15, 0.2) is 60.2 Å². The van der Waals surface area contributed by atoms with Gasteiger partial charge in [-0.05, 0) is 41.8 Å².